The molecule has 0 aliphatic carbocycles. The third kappa shape index (κ3) is 6.42. The van der Waals surface area contributed by atoms with Crippen LogP contribution in [0.15, 0.2) is 71.3 Å². The summed E-state index contributed by atoms with van der Waals surface area (Å²) in [5.41, 5.74) is 2.37. The molecule has 3 N–H and O–H groups in total. The van der Waals surface area contributed by atoms with E-state index in [4.69, 9.17) is 9.15 Å². The number of carbonyl (C=O) groups excluding carboxylic acids is 2. The van der Waals surface area contributed by atoms with Crippen LogP contribution in [0.2, 0.25) is 0 Å². The van der Waals surface area contributed by atoms with E-state index in [1.165, 1.54) is 0 Å². The van der Waals surface area contributed by atoms with Crippen molar-refractivity contribution in [3.05, 3.63) is 78.3 Å². The molecule has 1 aromatic heterocycles. The fourth-order valence-electron chi connectivity index (χ4n) is 2.67. The average Bonchev–Trinajstić information content (AvgIpc) is 3.26. The van der Waals surface area contributed by atoms with Crippen molar-refractivity contribution in [1.82, 2.24) is 5.32 Å². The summed E-state index contributed by atoms with van der Waals surface area (Å²) in [4.78, 5) is 24.0. The van der Waals surface area contributed by atoms with E-state index in [1.54, 1.807) is 49.8 Å². The van der Waals surface area contributed by atoms with Crippen LogP contribution < -0.4 is 20.7 Å². The maximum atomic E-state index is 12.1. The third-order valence-corrected chi connectivity index (χ3v) is 4.23. The molecule has 0 radical (unpaired) electrons. The van der Waals surface area contributed by atoms with Gasteiger partial charge in [-0.15, -0.1) is 0 Å². The van der Waals surface area contributed by atoms with Crippen molar-refractivity contribution >= 4 is 23.3 Å². The summed E-state index contributed by atoms with van der Waals surface area (Å²) in [5.74, 6) is 1.40. The average molecular weight is 393 g/mol. The highest BCUT2D eigenvalue weighted by atomic mass is 16.5. The summed E-state index contributed by atoms with van der Waals surface area (Å²) in [7, 11) is 1.62. The highest BCUT2D eigenvalue weighted by Crippen LogP contribution is 2.15. The zero-order chi connectivity index (χ0) is 20.5. The third-order valence-electron chi connectivity index (χ3n) is 4.23. The Labute approximate surface area is 169 Å². The van der Waals surface area contributed by atoms with Gasteiger partial charge in [0.25, 0.3) is 0 Å². The normalized spacial score (nSPS) is 10.2. The van der Waals surface area contributed by atoms with E-state index in [-0.39, 0.29) is 11.9 Å². The molecule has 0 aliphatic heterocycles. The summed E-state index contributed by atoms with van der Waals surface area (Å²) in [6.45, 7) is 0.307. The predicted molar refractivity (Wildman–Crippen MR) is 111 cm³/mol. The Balaban J connectivity index is 1.41. The highest BCUT2D eigenvalue weighted by Gasteiger charge is 2.06. The lowest BCUT2D eigenvalue weighted by atomic mass is 10.1. The van der Waals surface area contributed by atoms with Crippen molar-refractivity contribution in [3.63, 3.8) is 0 Å². The molecule has 3 rings (SSSR count). The number of benzene rings is 2. The van der Waals surface area contributed by atoms with Gasteiger partial charge in [0.15, 0.2) is 0 Å². The van der Waals surface area contributed by atoms with Crippen LogP contribution in [0.5, 0.6) is 5.75 Å². The highest BCUT2D eigenvalue weighted by molar-refractivity contribution is 5.92. The molecule has 0 spiro atoms. The molecule has 0 atom stereocenters. The number of hydrogen-bond acceptors (Lipinski definition) is 4. The van der Waals surface area contributed by atoms with Gasteiger partial charge >= 0.3 is 6.03 Å². The molecule has 1 heterocycles. The van der Waals surface area contributed by atoms with Crippen LogP contribution in [0.3, 0.4) is 0 Å². The lowest BCUT2D eigenvalue weighted by Gasteiger charge is -2.09. The molecule has 29 heavy (non-hydrogen) atoms. The second kappa shape index (κ2) is 9.98. The van der Waals surface area contributed by atoms with Crippen LogP contribution in [-0.4, -0.2) is 19.0 Å². The monoisotopic (exact) mass is 393 g/mol. The van der Waals surface area contributed by atoms with Gasteiger partial charge in [0.05, 0.1) is 19.9 Å². The van der Waals surface area contributed by atoms with Crippen LogP contribution in [0.1, 0.15) is 17.7 Å². The molecule has 3 aromatic rings. The Morgan fingerprint density at radius 3 is 2.24 bits per heavy atom. The van der Waals surface area contributed by atoms with Gasteiger partial charge in [0, 0.05) is 17.8 Å². The van der Waals surface area contributed by atoms with Crippen LogP contribution in [0.25, 0.3) is 0 Å². The predicted octanol–water partition coefficient (Wildman–Crippen LogP) is 4.18. The van der Waals surface area contributed by atoms with Gasteiger partial charge < -0.3 is 25.1 Å². The first-order valence-corrected chi connectivity index (χ1v) is 9.22. The van der Waals surface area contributed by atoms with Gasteiger partial charge in [-0.25, -0.2) is 4.79 Å². The number of carbonyl (C=O) groups is 2. The molecule has 0 fully saturated rings. The standard InChI is InChI=1S/C22H23N3O4/c1-28-19-11-4-16(5-12-19)6-13-21(26)24-17-7-9-18(10-8-17)25-22(27)23-15-20-3-2-14-29-20/h2-5,7-12,14H,6,13,15H2,1H3,(H,24,26)(H2,23,25,27). The number of furan rings is 1. The first kappa shape index (κ1) is 20.0. The van der Waals surface area contributed by atoms with Crippen LogP contribution in [-0.2, 0) is 17.8 Å². The number of hydrogen-bond donors (Lipinski definition) is 3. The Hall–Kier alpha value is -3.74. The van der Waals surface area contributed by atoms with E-state index in [9.17, 15) is 9.59 Å². The number of rotatable bonds is 8. The molecule has 0 bridgehead atoms. The fourth-order valence-corrected chi connectivity index (χ4v) is 2.67. The fraction of sp³-hybridized carbons (Fsp3) is 0.182. The molecule has 7 nitrogen and oxygen atoms in total. The first-order valence-electron chi connectivity index (χ1n) is 9.22. The minimum absolute atomic E-state index is 0.0716. The molecule has 0 unspecified atom stereocenters. The summed E-state index contributed by atoms with van der Waals surface area (Å²) in [5, 5.41) is 8.28. The summed E-state index contributed by atoms with van der Waals surface area (Å²) in [6.07, 6.45) is 2.58. The van der Waals surface area contributed by atoms with E-state index >= 15 is 0 Å². The minimum atomic E-state index is -0.335. The van der Waals surface area contributed by atoms with Crippen molar-refractivity contribution in [3.8, 4) is 5.75 Å². The number of amides is 3. The SMILES string of the molecule is COc1ccc(CCC(=O)Nc2ccc(NC(=O)NCc3ccco3)cc2)cc1. The van der Waals surface area contributed by atoms with Gasteiger partial charge in [-0.3, -0.25) is 4.79 Å². The van der Waals surface area contributed by atoms with Gasteiger partial charge in [-0.05, 0) is 60.5 Å². The number of anilines is 2. The van der Waals surface area contributed by atoms with E-state index < -0.39 is 0 Å². The summed E-state index contributed by atoms with van der Waals surface area (Å²) in [6, 6.07) is 17.8. The van der Waals surface area contributed by atoms with Gasteiger partial charge in [-0.1, -0.05) is 12.1 Å². The van der Waals surface area contributed by atoms with Crippen LogP contribution in [0.4, 0.5) is 16.2 Å². The largest absolute Gasteiger partial charge is 0.497 e. The number of urea groups is 1. The van der Waals surface area contributed by atoms with E-state index in [0.29, 0.717) is 36.5 Å². The molecule has 7 heteroatoms. The van der Waals surface area contributed by atoms with Crippen molar-refractivity contribution in [2.45, 2.75) is 19.4 Å². The van der Waals surface area contributed by atoms with Gasteiger partial charge in [0.1, 0.15) is 11.5 Å². The zero-order valence-corrected chi connectivity index (χ0v) is 16.1. The lowest BCUT2D eigenvalue weighted by Crippen LogP contribution is -2.27. The van der Waals surface area contributed by atoms with E-state index in [1.807, 2.05) is 24.3 Å². The molecule has 0 saturated carbocycles. The van der Waals surface area contributed by atoms with E-state index in [0.717, 1.165) is 11.3 Å². The molecule has 2 aromatic carbocycles. The quantitative estimate of drug-likeness (QED) is 0.535. The van der Waals surface area contributed by atoms with E-state index in [2.05, 4.69) is 16.0 Å². The Morgan fingerprint density at radius 2 is 1.62 bits per heavy atom. The van der Waals surface area contributed by atoms with Gasteiger partial charge in [0.2, 0.25) is 5.91 Å². The zero-order valence-electron chi connectivity index (χ0n) is 16.1. The number of nitrogens with one attached hydrogen (secondary N) is 3. The van der Waals surface area contributed by atoms with Crippen LogP contribution >= 0.6 is 0 Å². The smallest absolute Gasteiger partial charge is 0.319 e. The number of aryl methyl sites for hydroxylation is 1. The maximum Gasteiger partial charge on any atom is 0.319 e. The Morgan fingerprint density at radius 1 is 0.931 bits per heavy atom. The summed E-state index contributed by atoms with van der Waals surface area (Å²) >= 11 is 0. The van der Waals surface area contributed by atoms with Crippen molar-refractivity contribution in [2.24, 2.45) is 0 Å². The molecular weight excluding hydrogens is 370 g/mol. The van der Waals surface area contributed by atoms with Crippen molar-refractivity contribution in [2.75, 3.05) is 17.7 Å². The first-order chi connectivity index (χ1) is 14.1. The topological polar surface area (TPSA) is 92.6 Å². The molecule has 3 amide bonds. The van der Waals surface area contributed by atoms with Crippen LogP contribution in [0, 0.1) is 0 Å². The maximum absolute atomic E-state index is 12.1. The number of ether oxygens (including phenoxy) is 1. The lowest BCUT2D eigenvalue weighted by molar-refractivity contribution is -0.116. The minimum Gasteiger partial charge on any atom is -0.497 e. The molecule has 0 aliphatic rings. The second-order valence-electron chi connectivity index (χ2n) is 6.36. The number of methoxy groups -OCH3 is 1. The Bertz CT molecular complexity index is 920. The van der Waals surface area contributed by atoms with Crippen molar-refractivity contribution in [1.29, 1.82) is 0 Å². The van der Waals surface area contributed by atoms with Gasteiger partial charge in [-0.2, -0.15) is 0 Å². The molecule has 0 saturated heterocycles. The second-order valence-corrected chi connectivity index (χ2v) is 6.36. The van der Waals surface area contributed by atoms with Crippen molar-refractivity contribution < 1.29 is 18.7 Å². The molecule has 150 valence electrons. The molecular formula is C22H23N3O4. The Kier molecular flexibility index (Phi) is 6.89. The summed E-state index contributed by atoms with van der Waals surface area (Å²) < 4.78 is 10.3.